The third-order valence-corrected chi connectivity index (χ3v) is 2.52. The average molecular weight is 235 g/mol. The van der Waals surface area contributed by atoms with Crippen LogP contribution in [-0.4, -0.2) is 32.3 Å². The van der Waals surface area contributed by atoms with E-state index in [1.807, 2.05) is 0 Å². The van der Waals surface area contributed by atoms with Gasteiger partial charge in [-0.25, -0.2) is 4.90 Å². The third kappa shape index (κ3) is 1.45. The van der Waals surface area contributed by atoms with Crippen LogP contribution >= 0.6 is 0 Å². The summed E-state index contributed by atoms with van der Waals surface area (Å²) >= 11 is 0. The zero-order chi connectivity index (χ0) is 12.6. The maximum absolute atomic E-state index is 11.6. The molecule has 1 heterocycles. The first kappa shape index (κ1) is 11.1. The van der Waals surface area contributed by atoms with Crippen molar-refractivity contribution >= 4 is 23.8 Å². The Morgan fingerprint density at radius 1 is 1.12 bits per heavy atom. The Morgan fingerprint density at radius 3 is 2.24 bits per heavy atom. The van der Waals surface area contributed by atoms with E-state index in [1.54, 1.807) is 0 Å². The average Bonchev–Trinajstić information content (AvgIpc) is 2.59. The summed E-state index contributed by atoms with van der Waals surface area (Å²) < 4.78 is 10.1. The van der Waals surface area contributed by atoms with Crippen LogP contribution < -0.4 is 14.4 Å². The lowest BCUT2D eigenvalue weighted by atomic mass is 10.1. The van der Waals surface area contributed by atoms with E-state index in [0.717, 1.165) is 4.90 Å². The molecule has 0 fully saturated rings. The summed E-state index contributed by atoms with van der Waals surface area (Å²) in [4.78, 5) is 34.6. The first-order valence-corrected chi connectivity index (χ1v) is 4.73. The number of amides is 2. The summed E-state index contributed by atoms with van der Waals surface area (Å²) in [5, 5.41) is 0. The van der Waals surface area contributed by atoms with Crippen LogP contribution in [0.4, 0.5) is 5.69 Å². The molecular weight excluding hydrogens is 226 g/mol. The van der Waals surface area contributed by atoms with Gasteiger partial charge in [0.05, 0.1) is 25.5 Å². The van der Waals surface area contributed by atoms with Gasteiger partial charge in [0.2, 0.25) is 6.41 Å². The molecule has 0 radical (unpaired) electrons. The molecule has 88 valence electrons. The zero-order valence-corrected chi connectivity index (χ0v) is 9.22. The van der Waals surface area contributed by atoms with Crippen molar-refractivity contribution < 1.29 is 23.9 Å². The van der Waals surface area contributed by atoms with E-state index in [0.29, 0.717) is 17.9 Å². The van der Waals surface area contributed by atoms with E-state index in [9.17, 15) is 14.4 Å². The normalized spacial score (nSPS) is 13.6. The van der Waals surface area contributed by atoms with Gasteiger partial charge in [-0.3, -0.25) is 14.4 Å². The molecule has 1 aromatic carbocycles. The van der Waals surface area contributed by atoms with E-state index in [2.05, 4.69) is 0 Å². The van der Waals surface area contributed by atoms with Crippen molar-refractivity contribution in [3.63, 3.8) is 0 Å². The third-order valence-electron chi connectivity index (χ3n) is 2.52. The summed E-state index contributed by atoms with van der Waals surface area (Å²) in [6.45, 7) is 0. The largest absolute Gasteiger partial charge is 0.493 e. The second-order valence-electron chi connectivity index (χ2n) is 3.33. The Labute approximate surface area is 96.7 Å². The maximum atomic E-state index is 11.6. The molecule has 0 saturated carbocycles. The number of imide groups is 1. The van der Waals surface area contributed by atoms with Crippen molar-refractivity contribution in [2.75, 3.05) is 19.1 Å². The highest BCUT2D eigenvalue weighted by Crippen LogP contribution is 2.38. The smallest absolute Gasteiger partial charge is 0.306 e. The van der Waals surface area contributed by atoms with Crippen LogP contribution in [0.25, 0.3) is 0 Å². The van der Waals surface area contributed by atoms with Crippen LogP contribution in [0.3, 0.4) is 0 Å². The fourth-order valence-electron chi connectivity index (χ4n) is 1.69. The number of fused-ring (bicyclic) bond motifs is 1. The highest BCUT2D eigenvalue weighted by molar-refractivity contribution is 6.55. The molecular formula is C11H9NO5. The monoisotopic (exact) mass is 235 g/mol. The molecule has 17 heavy (non-hydrogen) atoms. The molecule has 1 aliphatic rings. The zero-order valence-electron chi connectivity index (χ0n) is 9.22. The molecule has 6 heteroatoms. The minimum atomic E-state index is -0.870. The molecule has 0 unspecified atom stereocenters. The molecule has 0 spiro atoms. The minimum Gasteiger partial charge on any atom is -0.493 e. The Kier molecular flexibility index (Phi) is 2.55. The van der Waals surface area contributed by atoms with Crippen LogP contribution in [0.5, 0.6) is 11.5 Å². The lowest BCUT2D eigenvalue weighted by Crippen LogP contribution is -2.27. The first-order chi connectivity index (χ1) is 8.13. The fourth-order valence-corrected chi connectivity index (χ4v) is 1.69. The number of ether oxygens (including phenoxy) is 2. The molecule has 0 N–H and O–H groups in total. The van der Waals surface area contributed by atoms with Crippen molar-refractivity contribution in [1.29, 1.82) is 0 Å². The summed E-state index contributed by atoms with van der Waals surface area (Å²) in [6.07, 6.45) is 0.304. The van der Waals surface area contributed by atoms with Crippen LogP contribution in [-0.2, 0) is 9.59 Å². The number of ketones is 1. The van der Waals surface area contributed by atoms with Gasteiger partial charge < -0.3 is 9.47 Å². The molecule has 0 atom stereocenters. The molecule has 2 rings (SSSR count). The number of benzene rings is 1. The summed E-state index contributed by atoms with van der Waals surface area (Å²) in [5.41, 5.74) is 0.354. The number of methoxy groups -OCH3 is 2. The van der Waals surface area contributed by atoms with Gasteiger partial charge in [-0.15, -0.1) is 0 Å². The van der Waals surface area contributed by atoms with Gasteiger partial charge in [0.15, 0.2) is 11.5 Å². The van der Waals surface area contributed by atoms with Gasteiger partial charge in [0.1, 0.15) is 0 Å². The van der Waals surface area contributed by atoms with Crippen molar-refractivity contribution in [3.8, 4) is 11.5 Å². The van der Waals surface area contributed by atoms with Gasteiger partial charge in [-0.1, -0.05) is 0 Å². The molecule has 0 aliphatic carbocycles. The quantitative estimate of drug-likeness (QED) is 0.559. The minimum absolute atomic E-state index is 0.139. The number of Topliss-reactive ketones (excluding diaryl/α,β-unsaturated/α-hetero) is 1. The van der Waals surface area contributed by atoms with Crippen LogP contribution in [0.1, 0.15) is 10.4 Å². The van der Waals surface area contributed by atoms with Crippen LogP contribution in [0, 0.1) is 0 Å². The standard InChI is InChI=1S/C11H9NO5/c1-16-8-3-6-7(4-9(8)17-2)12(5-13)11(15)10(6)14/h3-5H,1-2H3. The number of hydrogen-bond donors (Lipinski definition) is 0. The highest BCUT2D eigenvalue weighted by atomic mass is 16.5. The van der Waals surface area contributed by atoms with Crippen molar-refractivity contribution in [3.05, 3.63) is 17.7 Å². The first-order valence-electron chi connectivity index (χ1n) is 4.73. The predicted octanol–water partition coefficient (Wildman–Crippen LogP) is 0.389. The molecule has 0 aromatic heterocycles. The molecule has 1 aromatic rings. The fraction of sp³-hybridized carbons (Fsp3) is 0.182. The predicted molar refractivity (Wildman–Crippen MR) is 57.4 cm³/mol. The number of anilines is 1. The van der Waals surface area contributed by atoms with Crippen molar-refractivity contribution in [2.24, 2.45) is 0 Å². The summed E-state index contributed by atoms with van der Waals surface area (Å²) in [7, 11) is 2.84. The molecule has 0 bridgehead atoms. The van der Waals surface area contributed by atoms with Crippen molar-refractivity contribution in [2.45, 2.75) is 0 Å². The Bertz CT molecular complexity index is 523. The van der Waals surface area contributed by atoms with E-state index in [-0.39, 0.29) is 11.3 Å². The number of carbonyl (C=O) groups excluding carboxylic acids is 3. The Morgan fingerprint density at radius 2 is 1.71 bits per heavy atom. The molecule has 2 amide bonds. The highest BCUT2D eigenvalue weighted by Gasteiger charge is 2.37. The number of hydrogen-bond acceptors (Lipinski definition) is 5. The second-order valence-corrected chi connectivity index (χ2v) is 3.33. The SMILES string of the molecule is COc1cc2c(cc1OC)N(C=O)C(=O)C2=O. The Balaban J connectivity index is 2.66. The second kappa shape index (κ2) is 3.89. The number of nitrogens with zero attached hydrogens (tertiary/aromatic N) is 1. The molecule has 0 saturated heterocycles. The van der Waals surface area contributed by atoms with E-state index in [1.165, 1.54) is 26.4 Å². The van der Waals surface area contributed by atoms with Crippen LogP contribution in [0.2, 0.25) is 0 Å². The van der Waals surface area contributed by atoms with Gasteiger partial charge in [0.25, 0.3) is 5.78 Å². The van der Waals surface area contributed by atoms with Gasteiger partial charge in [0, 0.05) is 6.07 Å². The van der Waals surface area contributed by atoms with E-state index in [4.69, 9.17) is 9.47 Å². The van der Waals surface area contributed by atoms with Gasteiger partial charge >= 0.3 is 5.91 Å². The number of carbonyl (C=O) groups is 3. The topological polar surface area (TPSA) is 72.9 Å². The van der Waals surface area contributed by atoms with Crippen molar-refractivity contribution in [1.82, 2.24) is 0 Å². The van der Waals surface area contributed by atoms with Gasteiger partial charge in [-0.2, -0.15) is 0 Å². The summed E-state index contributed by atoms with van der Waals surface area (Å²) in [6, 6.07) is 2.81. The number of rotatable bonds is 3. The lowest BCUT2D eigenvalue weighted by Gasteiger charge is -2.11. The Hall–Kier alpha value is -2.37. The van der Waals surface area contributed by atoms with E-state index >= 15 is 0 Å². The van der Waals surface area contributed by atoms with E-state index < -0.39 is 11.7 Å². The maximum Gasteiger partial charge on any atom is 0.306 e. The summed E-state index contributed by atoms with van der Waals surface area (Å²) in [5.74, 6) is -0.917. The van der Waals surface area contributed by atoms with Gasteiger partial charge in [-0.05, 0) is 6.07 Å². The lowest BCUT2D eigenvalue weighted by molar-refractivity contribution is -0.118. The molecule has 1 aliphatic heterocycles. The molecule has 6 nitrogen and oxygen atoms in total. The van der Waals surface area contributed by atoms with Crippen LogP contribution in [0.15, 0.2) is 12.1 Å².